The summed E-state index contributed by atoms with van der Waals surface area (Å²) in [6.45, 7) is 5.15. The molecule has 1 aliphatic rings. The fourth-order valence-electron chi connectivity index (χ4n) is 1.54. The van der Waals surface area contributed by atoms with Crippen molar-refractivity contribution in [2.45, 2.75) is 33.6 Å². The zero-order valence-electron chi connectivity index (χ0n) is 7.72. The molecule has 2 atom stereocenters. The molecule has 1 fully saturated rings. The molecule has 3 nitrogen and oxygen atoms in total. The van der Waals surface area contributed by atoms with Gasteiger partial charge in [-0.25, -0.2) is 0 Å². The number of hydrogen-bond acceptors (Lipinski definition) is 3. The van der Waals surface area contributed by atoms with Crippen molar-refractivity contribution >= 4 is 11.9 Å². The fraction of sp³-hybridized carbons (Fsp3) is 0.778. The highest BCUT2D eigenvalue weighted by atomic mass is 16.6. The molecule has 68 valence electrons. The van der Waals surface area contributed by atoms with Crippen molar-refractivity contribution in [3.63, 3.8) is 0 Å². The molecular weight excluding hydrogens is 156 g/mol. The first-order chi connectivity index (χ1) is 5.50. The maximum Gasteiger partial charge on any atom is 0.319 e. The molecule has 1 aliphatic carbocycles. The van der Waals surface area contributed by atoms with Crippen LogP contribution < -0.4 is 0 Å². The Kier molecular flexibility index (Phi) is 2.22. The average molecular weight is 170 g/mol. The maximum atomic E-state index is 11.3. The van der Waals surface area contributed by atoms with Gasteiger partial charge < -0.3 is 4.74 Å². The van der Waals surface area contributed by atoms with Gasteiger partial charge in [-0.1, -0.05) is 13.3 Å². The zero-order valence-corrected chi connectivity index (χ0v) is 7.72. The second-order valence-corrected chi connectivity index (χ2v) is 3.61. The van der Waals surface area contributed by atoms with E-state index in [1.165, 1.54) is 6.92 Å². The molecule has 1 saturated carbocycles. The molecule has 0 spiro atoms. The normalized spacial score (nSPS) is 32.8. The summed E-state index contributed by atoms with van der Waals surface area (Å²) in [6.07, 6.45) is 1.83. The van der Waals surface area contributed by atoms with E-state index in [0.717, 1.165) is 12.8 Å². The molecule has 0 aromatic rings. The summed E-state index contributed by atoms with van der Waals surface area (Å²) in [6, 6.07) is 0. The summed E-state index contributed by atoms with van der Waals surface area (Å²) in [4.78, 5) is 21.7. The molecule has 12 heavy (non-hydrogen) atoms. The van der Waals surface area contributed by atoms with Crippen LogP contribution in [-0.2, 0) is 14.3 Å². The molecule has 0 bridgehead atoms. The quantitative estimate of drug-likeness (QED) is 0.466. The number of ether oxygens (including phenoxy) is 1. The smallest absolute Gasteiger partial charge is 0.319 e. The minimum absolute atomic E-state index is 0.359. The molecule has 0 aliphatic heterocycles. The second-order valence-electron chi connectivity index (χ2n) is 3.61. The Morgan fingerprint density at radius 3 is 2.50 bits per heavy atom. The molecule has 2 unspecified atom stereocenters. The number of esters is 2. The van der Waals surface area contributed by atoms with Crippen molar-refractivity contribution in [2.75, 3.05) is 0 Å². The topological polar surface area (TPSA) is 43.4 Å². The van der Waals surface area contributed by atoms with Gasteiger partial charge in [-0.05, 0) is 19.3 Å². The van der Waals surface area contributed by atoms with E-state index >= 15 is 0 Å². The van der Waals surface area contributed by atoms with Crippen LogP contribution in [0.1, 0.15) is 33.6 Å². The number of hydrogen-bond donors (Lipinski definition) is 0. The van der Waals surface area contributed by atoms with E-state index in [9.17, 15) is 9.59 Å². The number of carbonyl (C=O) groups excluding carboxylic acids is 2. The average Bonchev–Trinajstić information content (AvgIpc) is 2.62. The summed E-state index contributed by atoms with van der Waals surface area (Å²) >= 11 is 0. The molecule has 3 heteroatoms. The van der Waals surface area contributed by atoms with Crippen molar-refractivity contribution < 1.29 is 14.3 Å². The van der Waals surface area contributed by atoms with Crippen LogP contribution in [0.2, 0.25) is 0 Å². The zero-order chi connectivity index (χ0) is 9.35. The van der Waals surface area contributed by atoms with Crippen LogP contribution in [0.15, 0.2) is 0 Å². The molecule has 0 aromatic heterocycles. The monoisotopic (exact) mass is 170 g/mol. The maximum absolute atomic E-state index is 11.3. The van der Waals surface area contributed by atoms with Gasteiger partial charge >= 0.3 is 11.9 Å². The van der Waals surface area contributed by atoms with E-state index in [1.54, 1.807) is 0 Å². The standard InChI is InChI=1S/C9H14O3/c1-4-7-5-9(7,3)8(11)12-6(2)10/h7H,4-5H2,1-3H3. The third-order valence-corrected chi connectivity index (χ3v) is 2.61. The van der Waals surface area contributed by atoms with Crippen molar-refractivity contribution in [2.24, 2.45) is 11.3 Å². The van der Waals surface area contributed by atoms with E-state index < -0.39 is 5.97 Å². The van der Waals surface area contributed by atoms with E-state index in [4.69, 9.17) is 0 Å². The van der Waals surface area contributed by atoms with Crippen LogP contribution in [0.25, 0.3) is 0 Å². The molecular formula is C9H14O3. The predicted molar refractivity (Wildman–Crippen MR) is 43.3 cm³/mol. The highest BCUT2D eigenvalue weighted by molar-refractivity contribution is 5.89. The van der Waals surface area contributed by atoms with Crippen molar-refractivity contribution in [1.82, 2.24) is 0 Å². The van der Waals surface area contributed by atoms with Gasteiger partial charge in [0.2, 0.25) is 0 Å². The van der Waals surface area contributed by atoms with Crippen molar-refractivity contribution in [3.05, 3.63) is 0 Å². The second kappa shape index (κ2) is 2.88. The van der Waals surface area contributed by atoms with Gasteiger partial charge in [0.25, 0.3) is 0 Å². The van der Waals surface area contributed by atoms with Gasteiger partial charge in [0.15, 0.2) is 0 Å². The first kappa shape index (κ1) is 9.23. The molecule has 0 amide bonds. The van der Waals surface area contributed by atoms with E-state index in [2.05, 4.69) is 4.74 Å². The third kappa shape index (κ3) is 1.49. The lowest BCUT2D eigenvalue weighted by molar-refractivity contribution is -0.162. The van der Waals surface area contributed by atoms with Gasteiger partial charge in [0.1, 0.15) is 0 Å². The Morgan fingerprint density at radius 1 is 1.58 bits per heavy atom. The van der Waals surface area contributed by atoms with Crippen molar-refractivity contribution in [1.29, 1.82) is 0 Å². The number of rotatable bonds is 2. The molecule has 0 radical (unpaired) electrons. The van der Waals surface area contributed by atoms with Gasteiger partial charge in [-0.3, -0.25) is 9.59 Å². The fourth-order valence-corrected chi connectivity index (χ4v) is 1.54. The Morgan fingerprint density at radius 2 is 2.17 bits per heavy atom. The first-order valence-corrected chi connectivity index (χ1v) is 4.23. The highest BCUT2D eigenvalue weighted by Gasteiger charge is 2.56. The summed E-state index contributed by atoms with van der Waals surface area (Å²) in [5, 5.41) is 0. The third-order valence-electron chi connectivity index (χ3n) is 2.61. The van der Waals surface area contributed by atoms with Crippen molar-refractivity contribution in [3.8, 4) is 0 Å². The van der Waals surface area contributed by atoms with Gasteiger partial charge in [-0.15, -0.1) is 0 Å². The summed E-state index contributed by atoms with van der Waals surface area (Å²) in [7, 11) is 0. The first-order valence-electron chi connectivity index (χ1n) is 4.23. The van der Waals surface area contributed by atoms with Crippen LogP contribution in [0.5, 0.6) is 0 Å². The van der Waals surface area contributed by atoms with Gasteiger partial charge in [0.05, 0.1) is 5.41 Å². The lowest BCUT2D eigenvalue weighted by Crippen LogP contribution is -2.20. The SMILES string of the molecule is CCC1CC1(C)C(=O)OC(C)=O. The summed E-state index contributed by atoms with van der Waals surface area (Å²) in [5.41, 5.74) is -0.375. The van der Waals surface area contributed by atoms with Gasteiger partial charge in [0, 0.05) is 6.92 Å². The largest absolute Gasteiger partial charge is 0.393 e. The van der Waals surface area contributed by atoms with E-state index in [0.29, 0.717) is 5.92 Å². The summed E-state index contributed by atoms with van der Waals surface area (Å²) in [5.74, 6) is -0.464. The number of carbonyl (C=O) groups is 2. The molecule has 0 heterocycles. The molecule has 0 N–H and O–H groups in total. The Bertz CT molecular complexity index is 222. The Labute approximate surface area is 72.1 Å². The highest BCUT2D eigenvalue weighted by Crippen LogP contribution is 2.54. The minimum Gasteiger partial charge on any atom is -0.393 e. The van der Waals surface area contributed by atoms with Crippen LogP contribution in [-0.4, -0.2) is 11.9 Å². The Balaban J connectivity index is 2.49. The molecule has 0 aromatic carbocycles. The van der Waals surface area contributed by atoms with Gasteiger partial charge in [-0.2, -0.15) is 0 Å². The molecule has 1 rings (SSSR count). The lowest BCUT2D eigenvalue weighted by atomic mass is 10.1. The summed E-state index contributed by atoms with van der Waals surface area (Å²) < 4.78 is 4.53. The minimum atomic E-state index is -0.511. The van der Waals surface area contributed by atoms with E-state index in [1.807, 2.05) is 13.8 Å². The van der Waals surface area contributed by atoms with Crippen LogP contribution >= 0.6 is 0 Å². The lowest BCUT2D eigenvalue weighted by Gasteiger charge is -2.07. The van der Waals surface area contributed by atoms with Crippen LogP contribution in [0.4, 0.5) is 0 Å². The Hall–Kier alpha value is -0.860. The molecule has 0 saturated heterocycles. The van der Waals surface area contributed by atoms with E-state index in [-0.39, 0.29) is 11.4 Å². The van der Waals surface area contributed by atoms with Crippen LogP contribution in [0.3, 0.4) is 0 Å². The predicted octanol–water partition coefficient (Wildman–Crippen LogP) is 1.51. The van der Waals surface area contributed by atoms with Crippen LogP contribution in [0, 0.1) is 11.3 Å².